The van der Waals surface area contributed by atoms with E-state index < -0.39 is 0 Å². The van der Waals surface area contributed by atoms with E-state index in [1.54, 1.807) is 0 Å². The first-order chi connectivity index (χ1) is 9.49. The first-order valence-electron chi connectivity index (χ1n) is 7.97. The Kier molecular flexibility index (Phi) is 3.42. The number of likely N-dealkylation sites (tertiary alicyclic amines) is 1. The van der Waals surface area contributed by atoms with E-state index in [-0.39, 0.29) is 17.7 Å². The fourth-order valence-electron chi connectivity index (χ4n) is 4.06. The molecule has 2 fully saturated rings. The van der Waals surface area contributed by atoms with Gasteiger partial charge in [-0.2, -0.15) is 0 Å². The molecular weight excluding hydrogens is 246 g/mol. The summed E-state index contributed by atoms with van der Waals surface area (Å²) in [6, 6.07) is 8.83. The molecule has 1 unspecified atom stereocenters. The maximum Gasteiger partial charge on any atom is 0.0701 e. The van der Waals surface area contributed by atoms with Crippen LogP contribution in [0.25, 0.3) is 0 Å². The van der Waals surface area contributed by atoms with Crippen molar-refractivity contribution in [1.29, 1.82) is 0 Å². The fourth-order valence-corrected chi connectivity index (χ4v) is 4.06. The third-order valence-electron chi connectivity index (χ3n) is 5.04. The van der Waals surface area contributed by atoms with Gasteiger partial charge in [-0.25, -0.2) is 0 Å². The molecule has 1 aliphatic heterocycles. The summed E-state index contributed by atoms with van der Waals surface area (Å²) in [5, 5.41) is 10.3. The zero-order valence-electron chi connectivity index (χ0n) is 13.0. The molecule has 0 bridgehead atoms. The smallest absolute Gasteiger partial charge is 0.0701 e. The summed E-state index contributed by atoms with van der Waals surface area (Å²) in [6.07, 6.45) is 4.88. The molecule has 2 aliphatic rings. The predicted molar refractivity (Wildman–Crippen MR) is 82.9 cm³/mol. The Morgan fingerprint density at radius 1 is 1.25 bits per heavy atom. The van der Waals surface area contributed by atoms with Gasteiger partial charge in [-0.15, -0.1) is 0 Å². The van der Waals surface area contributed by atoms with Gasteiger partial charge in [0.25, 0.3) is 0 Å². The molecule has 1 saturated heterocycles. The lowest BCUT2D eigenvalue weighted by Gasteiger charge is -2.46. The summed E-state index contributed by atoms with van der Waals surface area (Å²) in [6.45, 7) is 8.12. The van der Waals surface area contributed by atoms with Crippen LogP contribution in [0.1, 0.15) is 63.5 Å². The Bertz CT molecular complexity index is 486. The SMILES string of the molecule is CC(C)(C)N1CCCC1(CO)c1ccccc1C1CC1. The highest BCUT2D eigenvalue weighted by molar-refractivity contribution is 5.40. The van der Waals surface area contributed by atoms with Gasteiger partial charge >= 0.3 is 0 Å². The molecule has 1 aromatic rings. The molecule has 0 spiro atoms. The van der Waals surface area contributed by atoms with Gasteiger partial charge in [0.2, 0.25) is 0 Å². The van der Waals surface area contributed by atoms with Gasteiger partial charge in [-0.1, -0.05) is 24.3 Å². The topological polar surface area (TPSA) is 23.5 Å². The number of hydrogen-bond donors (Lipinski definition) is 1. The highest BCUT2D eigenvalue weighted by Crippen LogP contribution is 2.49. The molecule has 1 aromatic carbocycles. The average Bonchev–Trinajstić information content (AvgIpc) is 3.16. The minimum Gasteiger partial charge on any atom is -0.394 e. The average molecular weight is 273 g/mol. The minimum atomic E-state index is -0.169. The summed E-state index contributed by atoms with van der Waals surface area (Å²) >= 11 is 0. The van der Waals surface area contributed by atoms with Crippen LogP contribution < -0.4 is 0 Å². The van der Waals surface area contributed by atoms with Crippen molar-refractivity contribution in [2.24, 2.45) is 0 Å². The largest absolute Gasteiger partial charge is 0.394 e. The first-order valence-corrected chi connectivity index (χ1v) is 7.97. The second kappa shape index (κ2) is 4.85. The normalized spacial score (nSPS) is 28.0. The number of hydrogen-bond acceptors (Lipinski definition) is 2. The molecular formula is C18H27NO. The molecule has 0 amide bonds. The number of benzene rings is 1. The zero-order valence-corrected chi connectivity index (χ0v) is 13.0. The van der Waals surface area contributed by atoms with Crippen LogP contribution >= 0.6 is 0 Å². The highest BCUT2D eigenvalue weighted by atomic mass is 16.3. The summed E-state index contributed by atoms with van der Waals surface area (Å²) < 4.78 is 0. The van der Waals surface area contributed by atoms with Crippen molar-refractivity contribution in [2.45, 2.75) is 63.5 Å². The quantitative estimate of drug-likeness (QED) is 0.908. The summed E-state index contributed by atoms with van der Waals surface area (Å²) in [5.74, 6) is 0.733. The van der Waals surface area contributed by atoms with E-state index in [1.165, 1.54) is 30.4 Å². The molecule has 1 atom stereocenters. The number of aliphatic hydroxyl groups is 1. The van der Waals surface area contributed by atoms with Gasteiger partial charge in [0, 0.05) is 5.54 Å². The van der Waals surface area contributed by atoms with Gasteiger partial charge < -0.3 is 5.11 Å². The van der Waals surface area contributed by atoms with Crippen LogP contribution in [0.3, 0.4) is 0 Å². The first kappa shape index (κ1) is 14.1. The van der Waals surface area contributed by atoms with E-state index >= 15 is 0 Å². The van der Waals surface area contributed by atoms with Gasteiger partial charge in [0.1, 0.15) is 0 Å². The Labute approximate surface area is 122 Å². The van der Waals surface area contributed by atoms with Gasteiger partial charge in [0.05, 0.1) is 12.1 Å². The Hall–Kier alpha value is -0.860. The Balaban J connectivity index is 2.09. The molecule has 0 aromatic heterocycles. The van der Waals surface area contributed by atoms with Crippen LogP contribution in [0.15, 0.2) is 24.3 Å². The van der Waals surface area contributed by atoms with Crippen molar-refractivity contribution in [3.05, 3.63) is 35.4 Å². The van der Waals surface area contributed by atoms with Crippen LogP contribution in [0.4, 0.5) is 0 Å². The zero-order chi connectivity index (χ0) is 14.4. The molecule has 1 saturated carbocycles. The molecule has 1 aliphatic carbocycles. The molecule has 2 nitrogen and oxygen atoms in total. The second-order valence-corrected chi connectivity index (χ2v) is 7.48. The lowest BCUT2D eigenvalue weighted by molar-refractivity contribution is -0.00206. The van der Waals surface area contributed by atoms with Gasteiger partial charge in [0.15, 0.2) is 0 Å². The van der Waals surface area contributed by atoms with Crippen LogP contribution in [0, 0.1) is 0 Å². The summed E-state index contributed by atoms with van der Waals surface area (Å²) in [4.78, 5) is 2.53. The molecule has 2 heteroatoms. The minimum absolute atomic E-state index is 0.0931. The summed E-state index contributed by atoms with van der Waals surface area (Å²) in [7, 11) is 0. The molecule has 1 heterocycles. The highest BCUT2D eigenvalue weighted by Gasteiger charge is 2.48. The van der Waals surface area contributed by atoms with Gasteiger partial charge in [-0.3, -0.25) is 4.90 Å². The summed E-state index contributed by atoms with van der Waals surface area (Å²) in [5.41, 5.74) is 2.79. The van der Waals surface area contributed by atoms with Crippen molar-refractivity contribution in [2.75, 3.05) is 13.2 Å². The lowest BCUT2D eigenvalue weighted by atomic mass is 9.81. The maximum atomic E-state index is 10.3. The monoisotopic (exact) mass is 273 g/mol. The van der Waals surface area contributed by atoms with E-state index in [1.807, 2.05) is 0 Å². The predicted octanol–water partition coefficient (Wildman–Crippen LogP) is 3.65. The van der Waals surface area contributed by atoms with Crippen LogP contribution in [-0.2, 0) is 5.54 Å². The lowest BCUT2D eigenvalue weighted by Crippen LogP contribution is -2.53. The van der Waals surface area contributed by atoms with Crippen molar-refractivity contribution >= 4 is 0 Å². The number of rotatable bonds is 3. The van der Waals surface area contributed by atoms with E-state index in [9.17, 15) is 5.11 Å². The van der Waals surface area contributed by atoms with E-state index in [0.717, 1.165) is 18.9 Å². The van der Waals surface area contributed by atoms with Crippen LogP contribution in [-0.4, -0.2) is 28.7 Å². The van der Waals surface area contributed by atoms with Crippen molar-refractivity contribution in [3.63, 3.8) is 0 Å². The Morgan fingerprint density at radius 3 is 2.55 bits per heavy atom. The van der Waals surface area contributed by atoms with Crippen molar-refractivity contribution in [3.8, 4) is 0 Å². The van der Waals surface area contributed by atoms with Crippen LogP contribution in [0.5, 0.6) is 0 Å². The Morgan fingerprint density at radius 2 is 1.95 bits per heavy atom. The molecule has 1 N–H and O–H groups in total. The standard InChI is InChI=1S/C18H27NO/c1-17(2,3)19-12-6-11-18(19,13-20)16-8-5-4-7-15(16)14-9-10-14/h4-5,7-8,14,20H,6,9-13H2,1-3H3. The van der Waals surface area contributed by atoms with Crippen molar-refractivity contribution < 1.29 is 5.11 Å². The van der Waals surface area contributed by atoms with Crippen LogP contribution in [0.2, 0.25) is 0 Å². The molecule has 3 rings (SSSR count). The third kappa shape index (κ3) is 2.19. The molecule has 110 valence electrons. The van der Waals surface area contributed by atoms with E-state index in [2.05, 4.69) is 49.9 Å². The van der Waals surface area contributed by atoms with Gasteiger partial charge in [-0.05, 0) is 70.0 Å². The number of aliphatic hydroxyl groups excluding tert-OH is 1. The molecule has 0 radical (unpaired) electrons. The van der Waals surface area contributed by atoms with Crippen molar-refractivity contribution in [1.82, 2.24) is 4.90 Å². The molecule has 20 heavy (non-hydrogen) atoms. The maximum absolute atomic E-state index is 10.3. The number of nitrogens with zero attached hydrogens (tertiary/aromatic N) is 1. The second-order valence-electron chi connectivity index (χ2n) is 7.48. The fraction of sp³-hybridized carbons (Fsp3) is 0.667. The van der Waals surface area contributed by atoms with E-state index in [4.69, 9.17) is 0 Å². The van der Waals surface area contributed by atoms with E-state index in [0.29, 0.717) is 0 Å². The third-order valence-corrected chi connectivity index (χ3v) is 5.04.